The lowest BCUT2D eigenvalue weighted by atomic mass is 9.92. The van der Waals surface area contributed by atoms with Crippen molar-refractivity contribution in [3.8, 4) is 0 Å². The van der Waals surface area contributed by atoms with Crippen LogP contribution in [0.4, 0.5) is 0 Å². The first-order valence-corrected chi connectivity index (χ1v) is 9.21. The largest absolute Gasteiger partial charge is 0.503 e. The van der Waals surface area contributed by atoms with Crippen LogP contribution in [0.2, 0.25) is 0 Å². The van der Waals surface area contributed by atoms with E-state index in [4.69, 9.17) is 0 Å². The van der Waals surface area contributed by atoms with Gasteiger partial charge in [-0.15, -0.1) is 11.3 Å². The summed E-state index contributed by atoms with van der Waals surface area (Å²) in [4.78, 5) is 28.0. The van der Waals surface area contributed by atoms with Gasteiger partial charge in [-0.1, -0.05) is 50.2 Å². The average Bonchev–Trinajstić information content (AvgIpc) is 3.17. The fourth-order valence-corrected chi connectivity index (χ4v) is 3.84. The quantitative estimate of drug-likeness (QED) is 0.842. The maximum absolute atomic E-state index is 12.7. The minimum Gasteiger partial charge on any atom is -0.503 e. The van der Waals surface area contributed by atoms with Gasteiger partial charge >= 0.3 is 0 Å². The zero-order valence-corrected chi connectivity index (χ0v) is 15.1. The third-order valence-corrected chi connectivity index (χ3v) is 5.08. The van der Waals surface area contributed by atoms with Gasteiger partial charge in [-0.3, -0.25) is 9.59 Å². The Labute approximate surface area is 151 Å². The van der Waals surface area contributed by atoms with Gasteiger partial charge in [-0.25, -0.2) is 0 Å². The molecule has 2 aromatic rings. The van der Waals surface area contributed by atoms with Crippen LogP contribution in [0, 0.1) is 5.92 Å². The highest BCUT2D eigenvalue weighted by atomic mass is 32.1. The van der Waals surface area contributed by atoms with Gasteiger partial charge in [0.25, 0.3) is 5.91 Å². The molecule has 0 radical (unpaired) electrons. The summed E-state index contributed by atoms with van der Waals surface area (Å²) in [5, 5.41) is 12.4. The Morgan fingerprint density at radius 1 is 1.20 bits per heavy atom. The number of Topliss-reactive ketones (excluding diaryl/α,β-unsaturated/α-hetero) is 1. The molecule has 0 bridgehead atoms. The monoisotopic (exact) mass is 355 g/mol. The Morgan fingerprint density at radius 3 is 2.52 bits per heavy atom. The number of aliphatic hydroxyl groups excluding tert-OH is 1. The molecule has 1 aromatic heterocycles. The molecule has 25 heavy (non-hydrogen) atoms. The molecule has 1 amide bonds. The van der Waals surface area contributed by atoms with E-state index in [1.807, 2.05) is 61.7 Å². The van der Waals surface area contributed by atoms with Gasteiger partial charge in [-0.05, 0) is 22.9 Å². The first-order chi connectivity index (χ1) is 12.0. The Balaban J connectivity index is 2.02. The molecule has 1 unspecified atom stereocenters. The molecule has 4 nitrogen and oxygen atoms in total. The number of nitrogens with zero attached hydrogens (tertiary/aromatic N) is 1. The number of carbonyl (C=O) groups is 2. The van der Waals surface area contributed by atoms with Crippen LogP contribution in [0.5, 0.6) is 0 Å². The van der Waals surface area contributed by atoms with Crippen molar-refractivity contribution >= 4 is 23.0 Å². The predicted octanol–water partition coefficient (Wildman–Crippen LogP) is 4.26. The number of thiophene rings is 1. The van der Waals surface area contributed by atoms with Crippen LogP contribution in [0.15, 0.2) is 59.2 Å². The van der Waals surface area contributed by atoms with Gasteiger partial charge in [0.1, 0.15) is 0 Å². The molecule has 1 atom stereocenters. The maximum Gasteiger partial charge on any atom is 0.290 e. The minimum atomic E-state index is -0.540. The van der Waals surface area contributed by atoms with Gasteiger partial charge < -0.3 is 10.0 Å². The van der Waals surface area contributed by atoms with Gasteiger partial charge in [0.05, 0.1) is 18.2 Å². The van der Waals surface area contributed by atoms with E-state index in [9.17, 15) is 14.7 Å². The number of hydrogen-bond donors (Lipinski definition) is 1. The van der Waals surface area contributed by atoms with Crippen LogP contribution in [0.3, 0.4) is 0 Å². The summed E-state index contributed by atoms with van der Waals surface area (Å²) in [5.74, 6) is -0.889. The van der Waals surface area contributed by atoms with Crippen molar-refractivity contribution < 1.29 is 14.7 Å². The topological polar surface area (TPSA) is 57.6 Å². The number of hydrogen-bond acceptors (Lipinski definition) is 4. The Morgan fingerprint density at radius 2 is 1.92 bits per heavy atom. The second-order valence-electron chi connectivity index (χ2n) is 6.61. The smallest absolute Gasteiger partial charge is 0.290 e. The van der Waals surface area contributed by atoms with E-state index in [2.05, 4.69) is 0 Å². The van der Waals surface area contributed by atoms with Crippen LogP contribution < -0.4 is 0 Å². The average molecular weight is 355 g/mol. The molecule has 1 aromatic carbocycles. The summed E-state index contributed by atoms with van der Waals surface area (Å²) in [6, 6.07) is 12.8. The lowest BCUT2D eigenvalue weighted by Gasteiger charge is -2.26. The van der Waals surface area contributed by atoms with Crippen molar-refractivity contribution in [2.24, 2.45) is 5.92 Å². The van der Waals surface area contributed by atoms with E-state index in [-0.39, 0.29) is 17.3 Å². The predicted molar refractivity (Wildman–Crippen MR) is 98.2 cm³/mol. The van der Waals surface area contributed by atoms with E-state index in [1.165, 1.54) is 0 Å². The summed E-state index contributed by atoms with van der Waals surface area (Å²) in [6.07, 6.45) is 0.308. The molecule has 2 heterocycles. The number of benzene rings is 1. The summed E-state index contributed by atoms with van der Waals surface area (Å²) >= 11 is 1.55. The van der Waals surface area contributed by atoms with Crippen LogP contribution in [-0.2, 0) is 16.1 Å². The van der Waals surface area contributed by atoms with Crippen LogP contribution >= 0.6 is 11.3 Å². The summed E-state index contributed by atoms with van der Waals surface area (Å²) in [6.45, 7) is 4.28. The fourth-order valence-electron chi connectivity index (χ4n) is 3.13. The van der Waals surface area contributed by atoms with Gasteiger partial charge in [0.2, 0.25) is 0 Å². The molecule has 0 saturated heterocycles. The molecule has 1 aliphatic heterocycles. The van der Waals surface area contributed by atoms with Crippen molar-refractivity contribution in [2.75, 3.05) is 0 Å². The summed E-state index contributed by atoms with van der Waals surface area (Å²) in [7, 11) is 0. The van der Waals surface area contributed by atoms with Crippen molar-refractivity contribution in [1.29, 1.82) is 0 Å². The van der Waals surface area contributed by atoms with E-state index < -0.39 is 17.7 Å². The zero-order valence-electron chi connectivity index (χ0n) is 14.3. The Bertz CT molecular complexity index is 794. The van der Waals surface area contributed by atoms with Gasteiger partial charge in [-0.2, -0.15) is 0 Å². The fraction of sp³-hybridized carbons (Fsp3) is 0.300. The second-order valence-corrected chi connectivity index (χ2v) is 7.64. The molecule has 5 heteroatoms. The van der Waals surface area contributed by atoms with E-state index in [0.717, 1.165) is 10.4 Å². The van der Waals surface area contributed by atoms with Gasteiger partial charge in [0, 0.05) is 11.3 Å². The highest BCUT2D eigenvalue weighted by Crippen LogP contribution is 2.39. The van der Waals surface area contributed by atoms with Crippen LogP contribution in [-0.4, -0.2) is 21.7 Å². The van der Waals surface area contributed by atoms with E-state index in [1.54, 1.807) is 16.2 Å². The first kappa shape index (κ1) is 17.4. The van der Waals surface area contributed by atoms with E-state index in [0.29, 0.717) is 13.0 Å². The van der Waals surface area contributed by atoms with Crippen molar-refractivity contribution in [1.82, 2.24) is 4.90 Å². The molecular formula is C20H21NO3S. The lowest BCUT2D eigenvalue weighted by Crippen LogP contribution is -2.30. The summed E-state index contributed by atoms with van der Waals surface area (Å²) < 4.78 is 0. The molecule has 0 fully saturated rings. The normalized spacial score (nSPS) is 17.6. The Kier molecular flexibility index (Phi) is 5.04. The minimum absolute atomic E-state index is 0.158. The summed E-state index contributed by atoms with van der Waals surface area (Å²) in [5.41, 5.74) is 1.06. The van der Waals surface area contributed by atoms with Crippen molar-refractivity contribution in [3.05, 3.63) is 69.6 Å². The van der Waals surface area contributed by atoms with Crippen LogP contribution in [0.25, 0.3) is 0 Å². The zero-order chi connectivity index (χ0) is 18.0. The number of ketones is 1. The molecule has 1 N–H and O–H groups in total. The molecule has 0 aliphatic carbocycles. The number of rotatable bonds is 6. The first-order valence-electron chi connectivity index (χ1n) is 8.33. The molecular weight excluding hydrogens is 334 g/mol. The highest BCUT2D eigenvalue weighted by Gasteiger charge is 2.43. The molecule has 0 spiro atoms. The number of aliphatic hydroxyl groups is 1. The van der Waals surface area contributed by atoms with Crippen LogP contribution in [0.1, 0.15) is 36.8 Å². The third kappa shape index (κ3) is 3.51. The molecule has 1 aliphatic rings. The van der Waals surface area contributed by atoms with Gasteiger partial charge in [0.15, 0.2) is 11.5 Å². The molecule has 3 rings (SSSR count). The molecule has 130 valence electrons. The number of carbonyl (C=O) groups excluding carboxylic acids is 2. The lowest BCUT2D eigenvalue weighted by molar-refractivity contribution is -0.130. The third-order valence-electron chi connectivity index (χ3n) is 4.22. The molecule has 0 saturated carbocycles. The Hall–Kier alpha value is -2.40. The standard InChI is InChI=1S/C20H21NO3S/c1-13(2)11-16(22)17-18(14-7-4-3-5-8-14)21(20(24)19(17)23)12-15-9-6-10-25-15/h3-10,13,18,23H,11-12H2,1-2H3. The maximum atomic E-state index is 12.7. The number of amides is 1. The van der Waals surface area contributed by atoms with E-state index >= 15 is 0 Å². The second kappa shape index (κ2) is 7.23. The highest BCUT2D eigenvalue weighted by molar-refractivity contribution is 7.09. The van der Waals surface area contributed by atoms with Crippen molar-refractivity contribution in [3.63, 3.8) is 0 Å². The SMILES string of the molecule is CC(C)CC(=O)C1=C(O)C(=O)N(Cc2cccs2)C1c1ccccc1. The van der Waals surface area contributed by atoms with Crippen molar-refractivity contribution in [2.45, 2.75) is 32.9 Å².